The Morgan fingerprint density at radius 2 is 2.09 bits per heavy atom. The van der Waals surface area contributed by atoms with Gasteiger partial charge in [0.1, 0.15) is 5.75 Å². The zero-order chi connectivity index (χ0) is 16.5. The number of amides is 1. The van der Waals surface area contributed by atoms with Crippen LogP contribution in [0.25, 0.3) is 0 Å². The number of halogens is 2. The van der Waals surface area contributed by atoms with Gasteiger partial charge in [0.15, 0.2) is 0 Å². The van der Waals surface area contributed by atoms with Crippen molar-refractivity contribution in [2.75, 3.05) is 13.1 Å². The molecular formula is C17H26Cl2N2O2. The SMILES string of the molecule is CC(C)Oc1ccc(Cl)cc1C(=O)N1CCC(N)C(C)(C)C1.Cl. The predicted molar refractivity (Wildman–Crippen MR) is 96.7 cm³/mol. The van der Waals surface area contributed by atoms with Crippen LogP contribution in [0.2, 0.25) is 5.02 Å². The summed E-state index contributed by atoms with van der Waals surface area (Å²) >= 11 is 6.07. The Morgan fingerprint density at radius 3 is 2.65 bits per heavy atom. The lowest BCUT2D eigenvalue weighted by Gasteiger charge is -2.42. The van der Waals surface area contributed by atoms with Crippen molar-refractivity contribution < 1.29 is 9.53 Å². The molecule has 1 aromatic carbocycles. The molecule has 1 unspecified atom stereocenters. The van der Waals surface area contributed by atoms with Gasteiger partial charge in [-0.25, -0.2) is 0 Å². The summed E-state index contributed by atoms with van der Waals surface area (Å²) in [6, 6.07) is 5.30. The molecule has 0 aromatic heterocycles. The number of hydrogen-bond donors (Lipinski definition) is 1. The van der Waals surface area contributed by atoms with Crippen molar-refractivity contribution in [3.8, 4) is 5.75 Å². The Hall–Kier alpha value is -0.970. The monoisotopic (exact) mass is 360 g/mol. The number of benzene rings is 1. The lowest BCUT2D eigenvalue weighted by Crippen LogP contribution is -2.54. The maximum absolute atomic E-state index is 12.9. The second-order valence-electron chi connectivity index (χ2n) is 6.92. The molecule has 0 saturated carbocycles. The van der Waals surface area contributed by atoms with Gasteiger partial charge in [-0.3, -0.25) is 4.79 Å². The molecule has 1 fully saturated rings. The average molecular weight is 361 g/mol. The number of hydrogen-bond acceptors (Lipinski definition) is 3. The molecule has 2 rings (SSSR count). The van der Waals surface area contributed by atoms with Gasteiger partial charge in [-0.2, -0.15) is 0 Å². The summed E-state index contributed by atoms with van der Waals surface area (Å²) in [6.07, 6.45) is 0.804. The second-order valence-corrected chi connectivity index (χ2v) is 7.35. The summed E-state index contributed by atoms with van der Waals surface area (Å²) in [5, 5.41) is 0.535. The van der Waals surface area contributed by atoms with E-state index in [1.165, 1.54) is 0 Å². The van der Waals surface area contributed by atoms with E-state index in [0.717, 1.165) is 6.42 Å². The molecule has 23 heavy (non-hydrogen) atoms. The lowest BCUT2D eigenvalue weighted by atomic mass is 9.79. The van der Waals surface area contributed by atoms with Crippen LogP contribution >= 0.6 is 24.0 Å². The molecule has 4 nitrogen and oxygen atoms in total. The van der Waals surface area contributed by atoms with E-state index < -0.39 is 0 Å². The molecular weight excluding hydrogens is 335 g/mol. The van der Waals surface area contributed by atoms with Crippen LogP contribution in [-0.4, -0.2) is 36.0 Å². The van der Waals surface area contributed by atoms with Crippen molar-refractivity contribution in [1.29, 1.82) is 0 Å². The molecule has 0 spiro atoms. The first-order valence-corrected chi connectivity index (χ1v) is 8.09. The lowest BCUT2D eigenvalue weighted by molar-refractivity contribution is 0.0528. The summed E-state index contributed by atoms with van der Waals surface area (Å²) in [5.74, 6) is 0.537. The number of ether oxygens (including phenoxy) is 1. The maximum Gasteiger partial charge on any atom is 0.257 e. The number of nitrogens with two attached hydrogens (primary N) is 1. The minimum absolute atomic E-state index is 0. The molecule has 1 aromatic rings. The molecule has 1 aliphatic heterocycles. The third-order valence-electron chi connectivity index (χ3n) is 4.13. The highest BCUT2D eigenvalue weighted by Gasteiger charge is 2.36. The Bertz CT molecular complexity index is 562. The van der Waals surface area contributed by atoms with Crippen LogP contribution < -0.4 is 10.5 Å². The van der Waals surface area contributed by atoms with Gasteiger partial charge in [0.05, 0.1) is 11.7 Å². The topological polar surface area (TPSA) is 55.6 Å². The molecule has 0 radical (unpaired) electrons. The van der Waals surface area contributed by atoms with Crippen LogP contribution in [-0.2, 0) is 0 Å². The third kappa shape index (κ3) is 4.75. The predicted octanol–water partition coefficient (Wildman–Crippen LogP) is 3.75. The smallest absolute Gasteiger partial charge is 0.257 e. The van der Waals surface area contributed by atoms with Crippen LogP contribution in [0.15, 0.2) is 18.2 Å². The van der Waals surface area contributed by atoms with E-state index in [4.69, 9.17) is 22.1 Å². The van der Waals surface area contributed by atoms with Crippen molar-refractivity contribution in [1.82, 2.24) is 4.90 Å². The second kappa shape index (κ2) is 7.73. The molecule has 1 amide bonds. The van der Waals surface area contributed by atoms with Crippen molar-refractivity contribution in [2.45, 2.75) is 46.3 Å². The van der Waals surface area contributed by atoms with Gasteiger partial charge in [-0.15, -0.1) is 12.4 Å². The normalized spacial score (nSPS) is 20.1. The highest BCUT2D eigenvalue weighted by atomic mass is 35.5. The largest absolute Gasteiger partial charge is 0.490 e. The number of carbonyl (C=O) groups is 1. The number of carbonyl (C=O) groups excluding carboxylic acids is 1. The highest BCUT2D eigenvalue weighted by Crippen LogP contribution is 2.31. The minimum atomic E-state index is -0.0917. The molecule has 130 valence electrons. The van der Waals surface area contributed by atoms with E-state index in [-0.39, 0.29) is 35.9 Å². The van der Waals surface area contributed by atoms with E-state index in [2.05, 4.69) is 13.8 Å². The standard InChI is InChI=1S/C17H25ClN2O2.ClH/c1-11(2)22-14-6-5-12(18)9-13(14)16(21)20-8-7-15(19)17(3,4)10-20;/h5-6,9,11,15H,7-8,10,19H2,1-4H3;1H. The van der Waals surface area contributed by atoms with Gasteiger partial charge in [-0.1, -0.05) is 25.4 Å². The summed E-state index contributed by atoms with van der Waals surface area (Å²) < 4.78 is 5.75. The first-order chi connectivity index (χ1) is 10.2. The number of likely N-dealkylation sites (tertiary alicyclic amines) is 1. The fourth-order valence-corrected chi connectivity index (χ4v) is 2.92. The van der Waals surface area contributed by atoms with E-state index in [9.17, 15) is 4.79 Å². The van der Waals surface area contributed by atoms with E-state index >= 15 is 0 Å². The van der Waals surface area contributed by atoms with Gasteiger partial charge >= 0.3 is 0 Å². The molecule has 2 N–H and O–H groups in total. The first kappa shape index (κ1) is 20.1. The van der Waals surface area contributed by atoms with Gasteiger partial charge in [0.2, 0.25) is 0 Å². The third-order valence-corrected chi connectivity index (χ3v) is 4.37. The van der Waals surface area contributed by atoms with Crippen molar-refractivity contribution >= 4 is 29.9 Å². The summed E-state index contributed by atoms with van der Waals surface area (Å²) in [4.78, 5) is 14.7. The molecule has 1 atom stereocenters. The zero-order valence-electron chi connectivity index (χ0n) is 14.1. The molecule has 6 heteroatoms. The molecule has 1 aliphatic rings. The van der Waals surface area contributed by atoms with Crippen molar-refractivity contribution in [3.05, 3.63) is 28.8 Å². The van der Waals surface area contributed by atoms with Crippen LogP contribution in [0.4, 0.5) is 0 Å². The van der Waals surface area contributed by atoms with Crippen LogP contribution in [0, 0.1) is 5.41 Å². The Morgan fingerprint density at radius 1 is 1.43 bits per heavy atom. The molecule has 0 aliphatic carbocycles. The number of nitrogens with zero attached hydrogens (tertiary/aromatic N) is 1. The molecule has 0 bridgehead atoms. The van der Waals surface area contributed by atoms with Crippen LogP contribution in [0.1, 0.15) is 44.5 Å². The average Bonchev–Trinajstić information content (AvgIpc) is 2.42. The fourth-order valence-electron chi connectivity index (χ4n) is 2.74. The van der Waals surface area contributed by atoms with Gasteiger partial charge < -0.3 is 15.4 Å². The Balaban J connectivity index is 0.00000264. The zero-order valence-corrected chi connectivity index (χ0v) is 15.7. The number of piperidine rings is 1. The highest BCUT2D eigenvalue weighted by molar-refractivity contribution is 6.31. The summed E-state index contributed by atoms with van der Waals surface area (Å²) in [7, 11) is 0. The van der Waals surface area contributed by atoms with Gasteiger partial charge in [-0.05, 0) is 43.9 Å². The molecule has 1 heterocycles. The van der Waals surface area contributed by atoms with Crippen LogP contribution in [0.3, 0.4) is 0 Å². The first-order valence-electron chi connectivity index (χ1n) is 7.72. The Labute approximate surface area is 149 Å². The molecule has 1 saturated heterocycles. The van der Waals surface area contributed by atoms with Crippen molar-refractivity contribution in [3.63, 3.8) is 0 Å². The fraction of sp³-hybridized carbons (Fsp3) is 0.588. The maximum atomic E-state index is 12.9. The Kier molecular flexibility index (Phi) is 6.75. The van der Waals surface area contributed by atoms with E-state index in [1.54, 1.807) is 18.2 Å². The van der Waals surface area contributed by atoms with Gasteiger partial charge in [0, 0.05) is 24.2 Å². The van der Waals surface area contributed by atoms with E-state index in [1.807, 2.05) is 18.7 Å². The quantitative estimate of drug-likeness (QED) is 0.892. The number of rotatable bonds is 3. The van der Waals surface area contributed by atoms with E-state index in [0.29, 0.717) is 29.4 Å². The summed E-state index contributed by atoms with van der Waals surface area (Å²) in [6.45, 7) is 9.37. The van der Waals surface area contributed by atoms with Gasteiger partial charge in [0.25, 0.3) is 5.91 Å². The minimum Gasteiger partial charge on any atom is -0.490 e. The van der Waals surface area contributed by atoms with Crippen LogP contribution in [0.5, 0.6) is 5.75 Å². The summed E-state index contributed by atoms with van der Waals surface area (Å²) in [5.41, 5.74) is 6.58. The van der Waals surface area contributed by atoms with Crippen molar-refractivity contribution in [2.24, 2.45) is 11.1 Å².